The second kappa shape index (κ2) is 7.77. The molecule has 2 N–H and O–H groups in total. The highest BCUT2D eigenvalue weighted by molar-refractivity contribution is 9.10. The van der Waals surface area contributed by atoms with Crippen molar-refractivity contribution in [2.75, 3.05) is 26.0 Å². The summed E-state index contributed by atoms with van der Waals surface area (Å²) in [5.41, 5.74) is 7.91. The predicted octanol–water partition coefficient (Wildman–Crippen LogP) is 3.28. The van der Waals surface area contributed by atoms with Crippen LogP contribution in [0.3, 0.4) is 0 Å². The minimum atomic E-state index is 0.542. The van der Waals surface area contributed by atoms with Crippen molar-refractivity contribution in [1.82, 2.24) is 4.90 Å². The third kappa shape index (κ3) is 4.96. The van der Waals surface area contributed by atoms with E-state index in [1.165, 1.54) is 5.56 Å². The number of rotatable bonds is 7. The van der Waals surface area contributed by atoms with E-state index in [1.807, 2.05) is 12.1 Å². The zero-order valence-electron chi connectivity index (χ0n) is 11.4. The first kappa shape index (κ1) is 15.5. The molecule has 0 aromatic heterocycles. The van der Waals surface area contributed by atoms with Crippen LogP contribution in [0.4, 0.5) is 5.69 Å². The molecule has 1 aromatic carbocycles. The summed E-state index contributed by atoms with van der Waals surface area (Å²) in [5.74, 6) is 0. The van der Waals surface area contributed by atoms with E-state index in [9.17, 15) is 0 Å². The van der Waals surface area contributed by atoms with Gasteiger partial charge in [-0.25, -0.2) is 0 Å². The van der Waals surface area contributed by atoms with Crippen LogP contribution in [0.2, 0.25) is 0 Å². The molecule has 18 heavy (non-hydrogen) atoms. The van der Waals surface area contributed by atoms with Gasteiger partial charge in [0.1, 0.15) is 0 Å². The number of ether oxygens (including phenoxy) is 1. The predicted molar refractivity (Wildman–Crippen MR) is 80.6 cm³/mol. The van der Waals surface area contributed by atoms with Crippen molar-refractivity contribution >= 4 is 21.6 Å². The van der Waals surface area contributed by atoms with Crippen LogP contribution in [0.1, 0.15) is 25.8 Å². The Bertz CT molecular complexity index is 351. The van der Waals surface area contributed by atoms with Crippen LogP contribution >= 0.6 is 15.9 Å². The fourth-order valence-corrected chi connectivity index (χ4v) is 2.48. The van der Waals surface area contributed by atoms with Crippen molar-refractivity contribution in [3.05, 3.63) is 28.2 Å². The summed E-state index contributed by atoms with van der Waals surface area (Å²) in [4.78, 5) is 2.42. The molecule has 102 valence electrons. The number of methoxy groups -OCH3 is 1. The standard InChI is InChI=1S/C14H23BrN2O/c1-4-11(2)17(5-6-18-3)10-12-7-13(15)9-14(16)8-12/h7-9,11H,4-6,10,16H2,1-3H3. The third-order valence-electron chi connectivity index (χ3n) is 3.16. The number of nitrogen functional groups attached to an aromatic ring is 1. The van der Waals surface area contributed by atoms with E-state index in [1.54, 1.807) is 7.11 Å². The van der Waals surface area contributed by atoms with E-state index in [4.69, 9.17) is 10.5 Å². The quantitative estimate of drug-likeness (QED) is 0.785. The van der Waals surface area contributed by atoms with Gasteiger partial charge in [-0.15, -0.1) is 0 Å². The lowest BCUT2D eigenvalue weighted by molar-refractivity contribution is 0.118. The Kier molecular flexibility index (Phi) is 6.68. The number of nitrogens with two attached hydrogens (primary N) is 1. The molecule has 0 heterocycles. The van der Waals surface area contributed by atoms with Crippen LogP contribution < -0.4 is 5.73 Å². The Morgan fingerprint density at radius 2 is 2.11 bits per heavy atom. The molecule has 0 saturated carbocycles. The Morgan fingerprint density at radius 1 is 1.39 bits per heavy atom. The summed E-state index contributed by atoms with van der Waals surface area (Å²) >= 11 is 3.49. The highest BCUT2D eigenvalue weighted by atomic mass is 79.9. The van der Waals surface area contributed by atoms with Gasteiger partial charge in [0.2, 0.25) is 0 Å². The molecule has 0 aliphatic rings. The SMILES string of the molecule is CCC(C)N(CCOC)Cc1cc(N)cc(Br)c1. The van der Waals surface area contributed by atoms with Crippen molar-refractivity contribution in [3.8, 4) is 0 Å². The molecule has 3 nitrogen and oxygen atoms in total. The van der Waals surface area contributed by atoms with Crippen molar-refractivity contribution in [2.45, 2.75) is 32.9 Å². The van der Waals surface area contributed by atoms with E-state index in [0.29, 0.717) is 6.04 Å². The largest absolute Gasteiger partial charge is 0.399 e. The van der Waals surface area contributed by atoms with E-state index >= 15 is 0 Å². The van der Waals surface area contributed by atoms with Crippen molar-refractivity contribution in [1.29, 1.82) is 0 Å². The van der Waals surface area contributed by atoms with Gasteiger partial charge in [-0.2, -0.15) is 0 Å². The Labute approximate surface area is 118 Å². The first-order valence-electron chi connectivity index (χ1n) is 6.34. The molecule has 1 atom stereocenters. The number of halogens is 1. The highest BCUT2D eigenvalue weighted by Crippen LogP contribution is 2.19. The van der Waals surface area contributed by atoms with Gasteiger partial charge in [0.15, 0.2) is 0 Å². The molecule has 0 amide bonds. The molecule has 0 aliphatic carbocycles. The van der Waals surface area contributed by atoms with Gasteiger partial charge >= 0.3 is 0 Å². The third-order valence-corrected chi connectivity index (χ3v) is 3.62. The Morgan fingerprint density at radius 3 is 2.67 bits per heavy atom. The average molecular weight is 315 g/mol. The second-order valence-electron chi connectivity index (χ2n) is 4.61. The van der Waals surface area contributed by atoms with Crippen LogP contribution in [-0.2, 0) is 11.3 Å². The average Bonchev–Trinajstić information content (AvgIpc) is 2.32. The molecule has 1 aromatic rings. The molecule has 0 aliphatic heterocycles. The molecule has 0 spiro atoms. The van der Waals surface area contributed by atoms with Gasteiger partial charge in [-0.3, -0.25) is 4.90 Å². The maximum absolute atomic E-state index is 5.87. The fraction of sp³-hybridized carbons (Fsp3) is 0.571. The van der Waals surface area contributed by atoms with Crippen LogP contribution in [-0.4, -0.2) is 31.2 Å². The molecular formula is C14H23BrN2O. The first-order valence-corrected chi connectivity index (χ1v) is 7.14. The number of hydrogen-bond donors (Lipinski definition) is 1. The summed E-state index contributed by atoms with van der Waals surface area (Å²) in [7, 11) is 1.74. The summed E-state index contributed by atoms with van der Waals surface area (Å²) in [6.45, 7) is 7.06. The normalized spacial score (nSPS) is 12.9. The van der Waals surface area contributed by atoms with Crippen molar-refractivity contribution in [3.63, 3.8) is 0 Å². The van der Waals surface area contributed by atoms with Gasteiger partial charge in [0.25, 0.3) is 0 Å². The molecule has 1 unspecified atom stereocenters. The summed E-state index contributed by atoms with van der Waals surface area (Å²) < 4.78 is 6.21. The Balaban J connectivity index is 2.74. The minimum absolute atomic E-state index is 0.542. The lowest BCUT2D eigenvalue weighted by Gasteiger charge is -2.28. The Hall–Kier alpha value is -0.580. The van der Waals surface area contributed by atoms with Crippen LogP contribution in [0.5, 0.6) is 0 Å². The van der Waals surface area contributed by atoms with Gasteiger partial charge in [0.05, 0.1) is 6.61 Å². The fourth-order valence-electron chi connectivity index (χ4n) is 1.92. The van der Waals surface area contributed by atoms with Gasteiger partial charge < -0.3 is 10.5 Å². The van der Waals surface area contributed by atoms with Crippen LogP contribution in [0.15, 0.2) is 22.7 Å². The molecular weight excluding hydrogens is 292 g/mol. The van der Waals surface area contributed by atoms with Crippen molar-refractivity contribution in [2.24, 2.45) is 0 Å². The first-order chi connectivity index (χ1) is 8.56. The molecule has 0 bridgehead atoms. The molecule has 0 saturated heterocycles. The van der Waals surface area contributed by atoms with Crippen LogP contribution in [0, 0.1) is 0 Å². The monoisotopic (exact) mass is 314 g/mol. The topological polar surface area (TPSA) is 38.5 Å². The second-order valence-corrected chi connectivity index (χ2v) is 5.53. The highest BCUT2D eigenvalue weighted by Gasteiger charge is 2.12. The van der Waals surface area contributed by atoms with Gasteiger partial charge in [-0.1, -0.05) is 22.9 Å². The molecule has 4 heteroatoms. The van der Waals surface area contributed by atoms with Gasteiger partial charge in [0, 0.05) is 36.4 Å². The summed E-state index contributed by atoms with van der Waals surface area (Å²) in [6.07, 6.45) is 1.13. The van der Waals surface area contributed by atoms with Crippen molar-refractivity contribution < 1.29 is 4.74 Å². The van der Waals surface area contributed by atoms with E-state index in [-0.39, 0.29) is 0 Å². The summed E-state index contributed by atoms with van der Waals surface area (Å²) in [6, 6.07) is 6.62. The number of benzene rings is 1. The van der Waals surface area contributed by atoms with E-state index in [0.717, 1.165) is 36.3 Å². The number of anilines is 1. The van der Waals surface area contributed by atoms with E-state index in [2.05, 4.69) is 40.7 Å². The molecule has 0 radical (unpaired) electrons. The number of hydrogen-bond acceptors (Lipinski definition) is 3. The smallest absolute Gasteiger partial charge is 0.0589 e. The maximum Gasteiger partial charge on any atom is 0.0589 e. The van der Waals surface area contributed by atoms with Crippen LogP contribution in [0.25, 0.3) is 0 Å². The molecule has 1 rings (SSSR count). The summed E-state index contributed by atoms with van der Waals surface area (Å²) in [5, 5.41) is 0. The zero-order valence-corrected chi connectivity index (χ0v) is 13.0. The number of nitrogens with zero attached hydrogens (tertiary/aromatic N) is 1. The van der Waals surface area contributed by atoms with Gasteiger partial charge in [-0.05, 0) is 37.1 Å². The zero-order chi connectivity index (χ0) is 13.5. The minimum Gasteiger partial charge on any atom is -0.399 e. The lowest BCUT2D eigenvalue weighted by Crippen LogP contribution is -2.34. The maximum atomic E-state index is 5.87. The lowest BCUT2D eigenvalue weighted by atomic mass is 10.1. The molecule has 0 fully saturated rings. The van der Waals surface area contributed by atoms with E-state index < -0.39 is 0 Å².